The van der Waals surface area contributed by atoms with Crippen LogP contribution in [0.3, 0.4) is 0 Å². The van der Waals surface area contributed by atoms with Crippen LogP contribution in [-0.4, -0.2) is 70.8 Å². The number of carbonyl (C=O) groups is 1. The van der Waals surface area contributed by atoms with Gasteiger partial charge in [0.15, 0.2) is 0 Å². The standard InChI is InChI=1S/C35H39N7O/c1-7-9-31(43)40(5)28-11-8-10-26(20-28)33-32-23(2)29(30-22-37-41(6)24(30)3)21-36-35(32)38-34(33)25-12-14-27(15-13-25)42-18-16-39(4)17-19-42/h7-15,20-22H,16-19H2,1-6H3,(H,36,38)/b9-7+. The first-order valence-corrected chi connectivity index (χ1v) is 14.8. The maximum atomic E-state index is 12.7. The highest BCUT2D eigenvalue weighted by molar-refractivity contribution is 6.07. The molecule has 0 spiro atoms. The summed E-state index contributed by atoms with van der Waals surface area (Å²) < 4.78 is 1.89. The minimum absolute atomic E-state index is 0.0644. The van der Waals surface area contributed by atoms with Gasteiger partial charge in [-0.15, -0.1) is 0 Å². The summed E-state index contributed by atoms with van der Waals surface area (Å²) in [5, 5.41) is 5.56. The molecular formula is C35H39N7O. The fourth-order valence-corrected chi connectivity index (χ4v) is 6.00. The van der Waals surface area contributed by atoms with Gasteiger partial charge in [-0.2, -0.15) is 5.10 Å². The van der Waals surface area contributed by atoms with Crippen molar-refractivity contribution >= 4 is 28.3 Å². The number of aryl methyl sites for hydroxylation is 2. The van der Waals surface area contributed by atoms with E-state index in [1.165, 1.54) is 5.69 Å². The van der Waals surface area contributed by atoms with E-state index in [1.807, 2.05) is 50.2 Å². The Morgan fingerprint density at radius 1 is 0.953 bits per heavy atom. The summed E-state index contributed by atoms with van der Waals surface area (Å²) in [6, 6.07) is 17.0. The van der Waals surface area contributed by atoms with Gasteiger partial charge in [0.1, 0.15) is 5.65 Å². The number of nitrogens with zero attached hydrogens (tertiary/aromatic N) is 6. The molecule has 8 heteroatoms. The molecule has 2 aromatic carbocycles. The molecule has 0 aliphatic carbocycles. The summed E-state index contributed by atoms with van der Waals surface area (Å²) in [7, 11) is 5.95. The van der Waals surface area contributed by atoms with Crippen LogP contribution >= 0.6 is 0 Å². The summed E-state index contributed by atoms with van der Waals surface area (Å²) >= 11 is 0. The Kier molecular flexibility index (Phi) is 7.62. The minimum Gasteiger partial charge on any atom is -0.369 e. The van der Waals surface area contributed by atoms with E-state index in [0.717, 1.165) is 87.7 Å². The number of aromatic nitrogens is 4. The normalized spacial score (nSPS) is 14.2. The number of pyridine rings is 1. The van der Waals surface area contributed by atoms with Crippen molar-refractivity contribution in [3.63, 3.8) is 0 Å². The van der Waals surface area contributed by atoms with Crippen molar-refractivity contribution in [2.75, 3.05) is 50.1 Å². The Balaban J connectivity index is 1.52. The lowest BCUT2D eigenvalue weighted by molar-refractivity contribution is -0.113. The van der Waals surface area contributed by atoms with Gasteiger partial charge in [-0.05, 0) is 74.9 Å². The largest absolute Gasteiger partial charge is 0.369 e. The Morgan fingerprint density at radius 2 is 1.70 bits per heavy atom. The second-order valence-electron chi connectivity index (χ2n) is 11.4. The van der Waals surface area contributed by atoms with E-state index in [-0.39, 0.29) is 5.91 Å². The molecule has 1 amide bonds. The molecule has 0 saturated carbocycles. The van der Waals surface area contributed by atoms with Gasteiger partial charge in [-0.25, -0.2) is 4.98 Å². The van der Waals surface area contributed by atoms with Crippen LogP contribution in [-0.2, 0) is 11.8 Å². The number of amides is 1. The average Bonchev–Trinajstić information content (AvgIpc) is 3.58. The third-order valence-corrected chi connectivity index (χ3v) is 8.79. The first-order valence-electron chi connectivity index (χ1n) is 14.8. The predicted octanol–water partition coefficient (Wildman–Crippen LogP) is 6.20. The number of nitrogens with one attached hydrogen (secondary N) is 1. The summed E-state index contributed by atoms with van der Waals surface area (Å²) in [5.41, 5.74) is 11.5. The molecule has 0 bridgehead atoms. The number of hydrogen-bond donors (Lipinski definition) is 1. The number of aromatic amines is 1. The highest BCUT2D eigenvalue weighted by atomic mass is 16.2. The van der Waals surface area contributed by atoms with Crippen molar-refractivity contribution in [3.05, 3.63) is 84.3 Å². The zero-order valence-electron chi connectivity index (χ0n) is 25.8. The van der Waals surface area contributed by atoms with Crippen LogP contribution in [0.4, 0.5) is 11.4 Å². The number of hydrogen-bond acceptors (Lipinski definition) is 5. The van der Waals surface area contributed by atoms with Crippen molar-refractivity contribution < 1.29 is 4.79 Å². The quantitative estimate of drug-likeness (QED) is 0.245. The second kappa shape index (κ2) is 11.5. The molecule has 1 fully saturated rings. The van der Waals surface area contributed by atoms with E-state index in [0.29, 0.717) is 0 Å². The van der Waals surface area contributed by atoms with Crippen LogP contribution in [0, 0.1) is 13.8 Å². The van der Waals surface area contributed by atoms with Crippen molar-refractivity contribution in [1.82, 2.24) is 24.6 Å². The maximum Gasteiger partial charge on any atom is 0.250 e. The summed E-state index contributed by atoms with van der Waals surface area (Å²) in [4.78, 5) is 27.8. The molecule has 220 valence electrons. The van der Waals surface area contributed by atoms with Gasteiger partial charge in [0.2, 0.25) is 5.91 Å². The molecule has 1 aliphatic rings. The van der Waals surface area contributed by atoms with Crippen LogP contribution < -0.4 is 9.80 Å². The minimum atomic E-state index is -0.0644. The Morgan fingerprint density at radius 3 is 2.37 bits per heavy atom. The fraction of sp³-hybridized carbons (Fsp3) is 0.286. The third kappa shape index (κ3) is 5.23. The van der Waals surface area contributed by atoms with Gasteiger partial charge >= 0.3 is 0 Å². The first kappa shape index (κ1) is 28.4. The van der Waals surface area contributed by atoms with Crippen LogP contribution in [0.2, 0.25) is 0 Å². The number of carbonyl (C=O) groups excluding carboxylic acids is 1. The summed E-state index contributed by atoms with van der Waals surface area (Å²) in [6.45, 7) is 10.3. The lowest BCUT2D eigenvalue weighted by Gasteiger charge is -2.34. The molecular weight excluding hydrogens is 534 g/mol. The molecule has 0 unspecified atom stereocenters. The third-order valence-electron chi connectivity index (χ3n) is 8.79. The SMILES string of the molecule is C/C=C/C(=O)N(C)c1cccc(-c2c(-c3ccc(N4CCN(C)CC4)cc3)[nH]c3ncc(-c4cnn(C)c4C)c(C)c23)c1. The molecule has 1 aliphatic heterocycles. The Bertz CT molecular complexity index is 1820. The van der Waals surface area contributed by atoms with Crippen LogP contribution in [0.15, 0.2) is 73.1 Å². The van der Waals surface area contributed by atoms with Gasteiger partial charge in [-0.3, -0.25) is 9.48 Å². The van der Waals surface area contributed by atoms with E-state index in [1.54, 1.807) is 17.1 Å². The van der Waals surface area contributed by atoms with E-state index in [2.05, 4.69) is 77.2 Å². The van der Waals surface area contributed by atoms with E-state index in [4.69, 9.17) is 4.98 Å². The Labute approximate surface area is 253 Å². The zero-order valence-corrected chi connectivity index (χ0v) is 25.8. The highest BCUT2D eigenvalue weighted by Gasteiger charge is 2.22. The molecule has 1 saturated heterocycles. The van der Waals surface area contributed by atoms with Gasteiger partial charge in [0.05, 0.1) is 11.9 Å². The topological polar surface area (TPSA) is 73.3 Å². The number of piperazine rings is 1. The van der Waals surface area contributed by atoms with Crippen molar-refractivity contribution in [2.24, 2.45) is 7.05 Å². The lowest BCUT2D eigenvalue weighted by atomic mass is 9.93. The number of H-pyrrole nitrogens is 1. The van der Waals surface area contributed by atoms with Crippen molar-refractivity contribution in [3.8, 4) is 33.5 Å². The fourth-order valence-electron chi connectivity index (χ4n) is 6.00. The van der Waals surface area contributed by atoms with E-state index < -0.39 is 0 Å². The predicted molar refractivity (Wildman–Crippen MR) is 177 cm³/mol. The van der Waals surface area contributed by atoms with E-state index >= 15 is 0 Å². The smallest absolute Gasteiger partial charge is 0.250 e. The second-order valence-corrected chi connectivity index (χ2v) is 11.4. The number of benzene rings is 2. The van der Waals surface area contributed by atoms with Crippen LogP contribution in [0.5, 0.6) is 0 Å². The van der Waals surface area contributed by atoms with Gasteiger partial charge in [-0.1, -0.05) is 30.3 Å². The van der Waals surface area contributed by atoms with Crippen molar-refractivity contribution in [2.45, 2.75) is 20.8 Å². The maximum absolute atomic E-state index is 12.7. The molecule has 3 aromatic heterocycles. The van der Waals surface area contributed by atoms with Crippen LogP contribution in [0.25, 0.3) is 44.5 Å². The van der Waals surface area contributed by atoms with Crippen LogP contribution in [0.1, 0.15) is 18.2 Å². The van der Waals surface area contributed by atoms with E-state index in [9.17, 15) is 4.79 Å². The number of rotatable bonds is 6. The molecule has 5 aromatic rings. The first-order chi connectivity index (χ1) is 20.8. The number of allylic oxidation sites excluding steroid dienone is 1. The summed E-state index contributed by atoms with van der Waals surface area (Å²) in [6.07, 6.45) is 7.21. The average molecular weight is 574 g/mol. The number of anilines is 2. The molecule has 6 rings (SSSR count). The van der Waals surface area contributed by atoms with Gasteiger partial charge < -0.3 is 19.7 Å². The molecule has 4 heterocycles. The number of likely N-dealkylation sites (N-methyl/N-ethyl adjacent to an activating group) is 2. The monoisotopic (exact) mass is 573 g/mol. The van der Waals surface area contributed by atoms with Gasteiger partial charge in [0, 0.05) is 85.6 Å². The zero-order chi connectivity index (χ0) is 30.2. The summed E-state index contributed by atoms with van der Waals surface area (Å²) in [5.74, 6) is -0.0644. The Hall–Kier alpha value is -4.69. The highest BCUT2D eigenvalue weighted by Crippen LogP contribution is 2.43. The number of fused-ring (bicyclic) bond motifs is 1. The molecule has 43 heavy (non-hydrogen) atoms. The van der Waals surface area contributed by atoms with Crippen molar-refractivity contribution in [1.29, 1.82) is 0 Å². The molecule has 1 N–H and O–H groups in total. The molecule has 0 atom stereocenters. The molecule has 0 radical (unpaired) electrons. The lowest BCUT2D eigenvalue weighted by Crippen LogP contribution is -2.44. The molecule has 8 nitrogen and oxygen atoms in total. The van der Waals surface area contributed by atoms with Gasteiger partial charge in [0.25, 0.3) is 0 Å².